The van der Waals surface area contributed by atoms with Gasteiger partial charge in [-0.1, -0.05) is 0 Å². The highest BCUT2D eigenvalue weighted by molar-refractivity contribution is 5.04. The first-order valence-electron chi connectivity index (χ1n) is 2.52. The van der Waals surface area contributed by atoms with Crippen molar-refractivity contribution in [1.82, 2.24) is 0 Å². The molecule has 0 radical (unpaired) electrons. The largest absolute Gasteiger partial charge is 0.431 e. The summed E-state index contributed by atoms with van der Waals surface area (Å²) < 4.78 is 4.43. The topological polar surface area (TPSA) is 50.4 Å². The fraction of sp³-hybridized carbons (Fsp3) is 0.167. The average Bonchev–Trinajstić information content (AvgIpc) is 1.89. The Hall–Kier alpha value is -1.09. The minimum absolute atomic E-state index is 0.261. The van der Waals surface area contributed by atoms with Gasteiger partial charge in [0.2, 0.25) is 0 Å². The monoisotopic (exact) mass is 126 g/mol. The molecule has 0 aromatic carbocycles. The van der Waals surface area contributed by atoms with E-state index in [0.717, 1.165) is 0 Å². The van der Waals surface area contributed by atoms with Crippen LogP contribution in [0.5, 0.6) is 0 Å². The molecule has 1 aromatic rings. The van der Waals surface area contributed by atoms with Crippen molar-refractivity contribution in [2.24, 2.45) is 0 Å². The Kier molecular flexibility index (Phi) is 1.65. The third-order valence-electron chi connectivity index (χ3n) is 0.984. The van der Waals surface area contributed by atoms with Crippen LogP contribution in [-0.4, -0.2) is 5.11 Å². The molecule has 1 rings (SSSR count). The van der Waals surface area contributed by atoms with E-state index in [-0.39, 0.29) is 12.2 Å². The SMILES string of the molecule is O=c1occcc1CO. The van der Waals surface area contributed by atoms with Crippen LogP contribution in [0.4, 0.5) is 0 Å². The van der Waals surface area contributed by atoms with Crippen LogP contribution in [0.25, 0.3) is 0 Å². The fourth-order valence-corrected chi connectivity index (χ4v) is 0.518. The van der Waals surface area contributed by atoms with Crippen LogP contribution in [-0.2, 0) is 6.61 Å². The third-order valence-corrected chi connectivity index (χ3v) is 0.984. The van der Waals surface area contributed by atoms with Crippen LogP contribution >= 0.6 is 0 Å². The van der Waals surface area contributed by atoms with Crippen molar-refractivity contribution >= 4 is 0 Å². The minimum Gasteiger partial charge on any atom is -0.431 e. The van der Waals surface area contributed by atoms with Crippen molar-refractivity contribution in [3.05, 3.63) is 34.4 Å². The molecule has 48 valence electrons. The molecule has 0 fully saturated rings. The van der Waals surface area contributed by atoms with Gasteiger partial charge < -0.3 is 9.52 Å². The Bertz CT molecular complexity index is 238. The molecule has 0 saturated heterocycles. The molecule has 0 amide bonds. The van der Waals surface area contributed by atoms with E-state index in [1.165, 1.54) is 12.3 Å². The molecule has 0 aliphatic rings. The van der Waals surface area contributed by atoms with E-state index in [9.17, 15) is 4.79 Å². The van der Waals surface area contributed by atoms with E-state index in [4.69, 9.17) is 5.11 Å². The fourth-order valence-electron chi connectivity index (χ4n) is 0.518. The van der Waals surface area contributed by atoms with Crippen LogP contribution in [0, 0.1) is 0 Å². The van der Waals surface area contributed by atoms with Gasteiger partial charge in [-0.2, -0.15) is 0 Å². The molecule has 0 spiro atoms. The highest BCUT2D eigenvalue weighted by Gasteiger charge is 1.93. The summed E-state index contributed by atoms with van der Waals surface area (Å²) in [7, 11) is 0. The second-order valence-corrected chi connectivity index (χ2v) is 1.58. The van der Waals surface area contributed by atoms with Crippen LogP contribution in [0.3, 0.4) is 0 Å². The first-order chi connectivity index (χ1) is 4.34. The first kappa shape index (κ1) is 6.04. The third kappa shape index (κ3) is 1.17. The molecule has 0 saturated carbocycles. The molecular formula is C6H6O3. The van der Waals surface area contributed by atoms with Crippen LogP contribution in [0.15, 0.2) is 27.6 Å². The van der Waals surface area contributed by atoms with E-state index in [2.05, 4.69) is 4.42 Å². The Labute approximate surface area is 51.6 Å². The maximum atomic E-state index is 10.5. The standard InChI is InChI=1S/C6H6O3/c7-4-5-2-1-3-9-6(5)8/h1-3,7H,4H2. The molecule has 9 heavy (non-hydrogen) atoms. The molecule has 0 unspecified atom stereocenters. The molecule has 1 aromatic heterocycles. The van der Waals surface area contributed by atoms with Crippen molar-refractivity contribution < 1.29 is 9.52 Å². The van der Waals surface area contributed by atoms with Gasteiger partial charge in [-0.05, 0) is 12.1 Å². The van der Waals surface area contributed by atoms with E-state index in [1.54, 1.807) is 6.07 Å². The maximum Gasteiger partial charge on any atom is 0.341 e. The highest BCUT2D eigenvalue weighted by Crippen LogP contribution is 1.88. The summed E-state index contributed by atoms with van der Waals surface area (Å²) >= 11 is 0. The Balaban J connectivity index is 3.16. The number of aliphatic hydroxyl groups excluding tert-OH is 1. The van der Waals surface area contributed by atoms with Gasteiger partial charge in [0.25, 0.3) is 0 Å². The zero-order chi connectivity index (χ0) is 6.69. The smallest absolute Gasteiger partial charge is 0.341 e. The Morgan fingerprint density at radius 2 is 2.44 bits per heavy atom. The normalized spacial score (nSPS) is 9.44. The second kappa shape index (κ2) is 2.46. The van der Waals surface area contributed by atoms with Gasteiger partial charge >= 0.3 is 5.63 Å². The predicted octanol–water partition coefficient (Wildman–Crippen LogP) is 0.132. The first-order valence-corrected chi connectivity index (χ1v) is 2.52. The maximum absolute atomic E-state index is 10.5. The summed E-state index contributed by atoms with van der Waals surface area (Å²) in [5.74, 6) is 0. The van der Waals surface area contributed by atoms with Gasteiger partial charge in [-0.3, -0.25) is 0 Å². The molecule has 3 heteroatoms. The molecular weight excluding hydrogens is 120 g/mol. The zero-order valence-corrected chi connectivity index (χ0v) is 4.70. The van der Waals surface area contributed by atoms with E-state index in [1.807, 2.05) is 0 Å². The van der Waals surface area contributed by atoms with Crippen molar-refractivity contribution in [2.75, 3.05) is 0 Å². The molecule has 0 aliphatic carbocycles. The molecule has 1 heterocycles. The number of rotatable bonds is 1. The summed E-state index contributed by atoms with van der Waals surface area (Å²) in [6.07, 6.45) is 1.28. The summed E-state index contributed by atoms with van der Waals surface area (Å²) in [6, 6.07) is 3.08. The lowest BCUT2D eigenvalue weighted by Crippen LogP contribution is -2.04. The Morgan fingerprint density at radius 3 is 2.89 bits per heavy atom. The summed E-state index contributed by atoms with van der Waals surface area (Å²) in [4.78, 5) is 10.5. The van der Waals surface area contributed by atoms with E-state index < -0.39 is 5.63 Å². The molecule has 0 aliphatic heterocycles. The quantitative estimate of drug-likeness (QED) is 0.582. The van der Waals surface area contributed by atoms with Crippen LogP contribution in [0.2, 0.25) is 0 Å². The van der Waals surface area contributed by atoms with Gasteiger partial charge in [0.15, 0.2) is 0 Å². The minimum atomic E-state index is -0.472. The number of hydrogen-bond donors (Lipinski definition) is 1. The van der Waals surface area contributed by atoms with Crippen molar-refractivity contribution in [3.8, 4) is 0 Å². The van der Waals surface area contributed by atoms with Gasteiger partial charge in [-0.25, -0.2) is 4.79 Å². The lowest BCUT2D eigenvalue weighted by molar-refractivity contribution is 0.274. The van der Waals surface area contributed by atoms with E-state index >= 15 is 0 Å². The average molecular weight is 126 g/mol. The molecule has 1 N–H and O–H groups in total. The van der Waals surface area contributed by atoms with Gasteiger partial charge in [0, 0.05) is 0 Å². The van der Waals surface area contributed by atoms with E-state index in [0.29, 0.717) is 0 Å². The van der Waals surface area contributed by atoms with Crippen molar-refractivity contribution in [1.29, 1.82) is 0 Å². The van der Waals surface area contributed by atoms with Gasteiger partial charge in [-0.15, -0.1) is 0 Å². The number of hydrogen-bond acceptors (Lipinski definition) is 3. The predicted molar refractivity (Wildman–Crippen MR) is 30.9 cm³/mol. The summed E-state index contributed by atoms with van der Waals surface area (Å²) in [6.45, 7) is -0.261. The molecule has 3 nitrogen and oxygen atoms in total. The molecule has 0 bridgehead atoms. The molecule has 0 atom stereocenters. The lowest BCUT2D eigenvalue weighted by atomic mass is 10.3. The summed E-state index contributed by atoms with van der Waals surface area (Å²) in [5, 5.41) is 8.46. The van der Waals surface area contributed by atoms with Crippen molar-refractivity contribution in [2.45, 2.75) is 6.61 Å². The van der Waals surface area contributed by atoms with Crippen LogP contribution < -0.4 is 5.63 Å². The second-order valence-electron chi connectivity index (χ2n) is 1.58. The van der Waals surface area contributed by atoms with Gasteiger partial charge in [0.05, 0.1) is 18.4 Å². The number of aliphatic hydroxyl groups is 1. The zero-order valence-electron chi connectivity index (χ0n) is 4.70. The van der Waals surface area contributed by atoms with Gasteiger partial charge in [0.1, 0.15) is 0 Å². The highest BCUT2D eigenvalue weighted by atomic mass is 16.4. The van der Waals surface area contributed by atoms with Crippen LogP contribution in [0.1, 0.15) is 5.56 Å². The lowest BCUT2D eigenvalue weighted by Gasteiger charge is -1.87. The Morgan fingerprint density at radius 1 is 1.67 bits per heavy atom. The van der Waals surface area contributed by atoms with Crippen molar-refractivity contribution in [3.63, 3.8) is 0 Å². The summed E-state index contributed by atoms with van der Waals surface area (Å²) in [5.41, 5.74) is -0.183.